The van der Waals surface area contributed by atoms with Crippen LogP contribution in [0.5, 0.6) is 0 Å². The molecule has 0 aliphatic carbocycles. The number of methoxy groups -OCH3 is 1. The van der Waals surface area contributed by atoms with Gasteiger partial charge in [-0.05, 0) is 41.8 Å². The molecule has 0 bridgehead atoms. The van der Waals surface area contributed by atoms with Crippen LogP contribution in [0.1, 0.15) is 16.8 Å². The summed E-state index contributed by atoms with van der Waals surface area (Å²) in [6.07, 6.45) is 0.572. The highest BCUT2D eigenvalue weighted by Gasteiger charge is 2.27. The van der Waals surface area contributed by atoms with Crippen LogP contribution in [0.15, 0.2) is 48.5 Å². The summed E-state index contributed by atoms with van der Waals surface area (Å²) in [5.41, 5.74) is 2.08. The van der Waals surface area contributed by atoms with E-state index in [0.29, 0.717) is 25.2 Å². The van der Waals surface area contributed by atoms with Crippen molar-refractivity contribution in [2.45, 2.75) is 18.6 Å². The lowest BCUT2D eigenvalue weighted by Crippen LogP contribution is -2.49. The number of hydrogen-bond acceptors (Lipinski definition) is 3. The number of carbonyl (C=O) groups excluding carboxylic acids is 1. The van der Waals surface area contributed by atoms with E-state index >= 15 is 0 Å². The van der Waals surface area contributed by atoms with Crippen LogP contribution in [-0.2, 0) is 9.47 Å². The Hall–Kier alpha value is -2.24. The van der Waals surface area contributed by atoms with E-state index < -0.39 is 0 Å². The first-order valence-electron chi connectivity index (χ1n) is 7.95. The number of halogens is 1. The normalized spacial score (nSPS) is 20.6. The molecule has 1 aliphatic rings. The Morgan fingerprint density at radius 1 is 1.21 bits per heavy atom. The molecule has 24 heavy (non-hydrogen) atoms. The highest BCUT2D eigenvalue weighted by atomic mass is 19.1. The Morgan fingerprint density at radius 2 is 1.96 bits per heavy atom. The first-order chi connectivity index (χ1) is 11.7. The standard InChI is InChI=1S/C19H20FNO3/c1-23-18-12-24-9-8-17(18)21-19(22)15-6-2-4-13(10-15)14-5-3-7-16(20)11-14/h2-7,10-11,17-18H,8-9,12H2,1H3,(H,21,22)/t17-,18-/m1/s1. The van der Waals surface area contributed by atoms with Crippen LogP contribution in [0.2, 0.25) is 0 Å². The van der Waals surface area contributed by atoms with E-state index in [4.69, 9.17) is 9.47 Å². The zero-order chi connectivity index (χ0) is 16.9. The molecule has 0 radical (unpaired) electrons. The van der Waals surface area contributed by atoms with Crippen LogP contribution in [-0.4, -0.2) is 38.4 Å². The number of hydrogen-bond donors (Lipinski definition) is 1. The van der Waals surface area contributed by atoms with Gasteiger partial charge in [-0.15, -0.1) is 0 Å². The predicted octanol–water partition coefficient (Wildman–Crippen LogP) is 3.03. The van der Waals surface area contributed by atoms with Gasteiger partial charge in [0.2, 0.25) is 0 Å². The summed E-state index contributed by atoms with van der Waals surface area (Å²) in [7, 11) is 1.61. The molecule has 1 saturated heterocycles. The molecule has 0 aromatic heterocycles. The van der Waals surface area contributed by atoms with Crippen LogP contribution >= 0.6 is 0 Å². The maximum Gasteiger partial charge on any atom is 0.251 e. The van der Waals surface area contributed by atoms with Crippen molar-refractivity contribution >= 4 is 5.91 Å². The van der Waals surface area contributed by atoms with Crippen molar-refractivity contribution in [3.05, 3.63) is 59.9 Å². The number of benzene rings is 2. The summed E-state index contributed by atoms with van der Waals surface area (Å²) in [6.45, 7) is 1.08. The van der Waals surface area contributed by atoms with Crippen molar-refractivity contribution in [2.24, 2.45) is 0 Å². The molecule has 2 aromatic carbocycles. The number of ether oxygens (including phenoxy) is 2. The molecule has 4 nitrogen and oxygen atoms in total. The Kier molecular flexibility index (Phi) is 5.23. The SMILES string of the molecule is CO[C@@H]1COCC[C@H]1NC(=O)c1cccc(-c2cccc(F)c2)c1. The monoisotopic (exact) mass is 329 g/mol. The molecular formula is C19H20FNO3. The second kappa shape index (κ2) is 7.55. The van der Waals surface area contributed by atoms with Crippen LogP contribution in [0.3, 0.4) is 0 Å². The molecule has 0 spiro atoms. The van der Waals surface area contributed by atoms with Crippen molar-refractivity contribution < 1.29 is 18.7 Å². The van der Waals surface area contributed by atoms with Gasteiger partial charge in [-0.1, -0.05) is 24.3 Å². The van der Waals surface area contributed by atoms with Gasteiger partial charge >= 0.3 is 0 Å². The Labute approximate surface area is 140 Å². The minimum absolute atomic E-state index is 0.0749. The Morgan fingerprint density at radius 3 is 2.71 bits per heavy atom. The number of amides is 1. The van der Waals surface area contributed by atoms with Gasteiger partial charge in [0.25, 0.3) is 5.91 Å². The fourth-order valence-electron chi connectivity index (χ4n) is 2.87. The molecule has 5 heteroatoms. The Bertz CT molecular complexity index is 719. The van der Waals surface area contributed by atoms with E-state index in [2.05, 4.69) is 5.32 Å². The Balaban J connectivity index is 1.77. The lowest BCUT2D eigenvalue weighted by molar-refractivity contribution is -0.0479. The van der Waals surface area contributed by atoms with Gasteiger partial charge in [-0.25, -0.2) is 4.39 Å². The maximum absolute atomic E-state index is 13.4. The fourth-order valence-corrected chi connectivity index (χ4v) is 2.87. The first-order valence-corrected chi connectivity index (χ1v) is 7.95. The third-order valence-corrected chi connectivity index (χ3v) is 4.21. The van der Waals surface area contributed by atoms with Crippen molar-refractivity contribution in [1.29, 1.82) is 0 Å². The van der Waals surface area contributed by atoms with Gasteiger partial charge in [0, 0.05) is 19.3 Å². The van der Waals surface area contributed by atoms with E-state index in [0.717, 1.165) is 11.1 Å². The molecule has 3 rings (SSSR count). The van der Waals surface area contributed by atoms with Crippen LogP contribution in [0, 0.1) is 5.82 Å². The van der Waals surface area contributed by atoms with E-state index in [-0.39, 0.29) is 23.9 Å². The van der Waals surface area contributed by atoms with Crippen molar-refractivity contribution in [1.82, 2.24) is 5.32 Å². The smallest absolute Gasteiger partial charge is 0.251 e. The lowest BCUT2D eigenvalue weighted by Gasteiger charge is -2.31. The highest BCUT2D eigenvalue weighted by molar-refractivity contribution is 5.95. The molecule has 2 atom stereocenters. The van der Waals surface area contributed by atoms with Gasteiger partial charge in [-0.3, -0.25) is 4.79 Å². The van der Waals surface area contributed by atoms with Crippen LogP contribution in [0.25, 0.3) is 11.1 Å². The second-order valence-electron chi connectivity index (χ2n) is 5.81. The predicted molar refractivity (Wildman–Crippen MR) is 89.3 cm³/mol. The molecule has 126 valence electrons. The highest BCUT2D eigenvalue weighted by Crippen LogP contribution is 2.21. The lowest BCUT2D eigenvalue weighted by atomic mass is 10.0. The summed E-state index contributed by atoms with van der Waals surface area (Å²) in [4.78, 5) is 12.5. The van der Waals surface area contributed by atoms with Gasteiger partial charge in [0.05, 0.1) is 12.6 Å². The molecule has 1 fully saturated rings. The van der Waals surface area contributed by atoms with Gasteiger partial charge in [0.1, 0.15) is 11.9 Å². The zero-order valence-corrected chi connectivity index (χ0v) is 13.5. The van der Waals surface area contributed by atoms with Gasteiger partial charge in [0.15, 0.2) is 0 Å². The molecular weight excluding hydrogens is 309 g/mol. The van der Waals surface area contributed by atoms with Crippen molar-refractivity contribution in [3.63, 3.8) is 0 Å². The topological polar surface area (TPSA) is 47.6 Å². The summed E-state index contributed by atoms with van der Waals surface area (Å²) in [6, 6.07) is 13.4. The second-order valence-corrected chi connectivity index (χ2v) is 5.81. The van der Waals surface area contributed by atoms with Crippen molar-refractivity contribution in [3.8, 4) is 11.1 Å². The quantitative estimate of drug-likeness (QED) is 0.938. The zero-order valence-electron chi connectivity index (χ0n) is 13.5. The fraction of sp³-hybridized carbons (Fsp3) is 0.316. The average molecular weight is 329 g/mol. The molecule has 1 aliphatic heterocycles. The van der Waals surface area contributed by atoms with Crippen molar-refractivity contribution in [2.75, 3.05) is 20.3 Å². The van der Waals surface area contributed by atoms with Gasteiger partial charge < -0.3 is 14.8 Å². The number of nitrogens with one attached hydrogen (secondary N) is 1. The molecule has 0 unspecified atom stereocenters. The minimum atomic E-state index is -0.299. The molecule has 0 saturated carbocycles. The minimum Gasteiger partial charge on any atom is -0.379 e. The van der Waals surface area contributed by atoms with E-state index in [1.54, 1.807) is 31.4 Å². The largest absolute Gasteiger partial charge is 0.379 e. The summed E-state index contributed by atoms with van der Waals surface area (Å²) >= 11 is 0. The third kappa shape index (κ3) is 3.80. The van der Waals surface area contributed by atoms with E-state index in [9.17, 15) is 9.18 Å². The van der Waals surface area contributed by atoms with E-state index in [1.807, 2.05) is 12.1 Å². The van der Waals surface area contributed by atoms with E-state index in [1.165, 1.54) is 12.1 Å². The summed E-state index contributed by atoms with van der Waals surface area (Å²) in [5, 5.41) is 3.01. The number of rotatable bonds is 4. The molecule has 1 N–H and O–H groups in total. The van der Waals surface area contributed by atoms with Crippen LogP contribution in [0.4, 0.5) is 4.39 Å². The molecule has 1 amide bonds. The van der Waals surface area contributed by atoms with Crippen LogP contribution < -0.4 is 5.32 Å². The average Bonchev–Trinajstić information content (AvgIpc) is 2.62. The van der Waals surface area contributed by atoms with Gasteiger partial charge in [-0.2, -0.15) is 0 Å². The number of carbonyl (C=O) groups is 1. The molecule has 1 heterocycles. The summed E-state index contributed by atoms with van der Waals surface area (Å²) < 4.78 is 24.1. The first kappa shape index (κ1) is 16.6. The summed E-state index contributed by atoms with van der Waals surface area (Å²) in [5.74, 6) is -0.463. The maximum atomic E-state index is 13.4. The third-order valence-electron chi connectivity index (χ3n) is 4.21. The molecule has 2 aromatic rings.